The smallest absolute Gasteiger partial charge is 0.245 e. The Morgan fingerprint density at radius 2 is 1.44 bits per heavy atom. The SMILES string of the molecule is Cc1ccc2nc(-c3ccc4nc(-c5ccc(NS(=O)(=O)C6(C)C=CC=C(Oc7cc(O)c8c(c7N)C(=O)c7ccccc7C8=O)C(Cl)=C6)cc5)sc4c3)sc2c1. The zero-order valence-corrected chi connectivity index (χ0v) is 33.2. The number of allylic oxidation sites excluding steroid dienone is 3. The van der Waals surface area contributed by atoms with Crippen molar-refractivity contribution >= 4 is 87.7 Å². The first-order chi connectivity index (χ1) is 27.3. The lowest BCUT2D eigenvalue weighted by molar-refractivity contribution is 0.0977. The number of anilines is 2. The van der Waals surface area contributed by atoms with Gasteiger partial charge in [-0.05, 0) is 86.2 Å². The number of sulfonamides is 1. The second-order valence-electron chi connectivity index (χ2n) is 13.8. The van der Waals surface area contributed by atoms with E-state index in [0.29, 0.717) is 5.69 Å². The third-order valence-corrected chi connectivity index (χ3v) is 14.2. The quantitative estimate of drug-likeness (QED) is 0.105. The van der Waals surface area contributed by atoms with Crippen LogP contribution in [0.5, 0.6) is 11.5 Å². The molecule has 57 heavy (non-hydrogen) atoms. The lowest BCUT2D eigenvalue weighted by atomic mass is 9.82. The monoisotopic (exact) mass is 828 g/mol. The Morgan fingerprint density at radius 1 is 0.825 bits per heavy atom. The normalized spacial score (nSPS) is 16.5. The lowest BCUT2D eigenvalue weighted by Crippen LogP contribution is -2.36. The molecule has 0 bridgehead atoms. The van der Waals surface area contributed by atoms with Gasteiger partial charge < -0.3 is 15.6 Å². The van der Waals surface area contributed by atoms with Crippen LogP contribution in [-0.4, -0.2) is 39.8 Å². The summed E-state index contributed by atoms with van der Waals surface area (Å²) in [4.78, 5) is 36.2. The molecule has 2 aliphatic carbocycles. The van der Waals surface area contributed by atoms with Crippen LogP contribution in [0.1, 0.15) is 44.3 Å². The summed E-state index contributed by atoms with van der Waals surface area (Å²) in [6, 6.07) is 26.7. The van der Waals surface area contributed by atoms with Gasteiger partial charge in [0.15, 0.2) is 17.3 Å². The van der Waals surface area contributed by atoms with Crippen LogP contribution < -0.4 is 15.2 Å². The number of nitrogens with two attached hydrogens (primary N) is 1. The number of ketones is 2. The van der Waals surface area contributed by atoms with Gasteiger partial charge >= 0.3 is 0 Å². The molecule has 1 atom stereocenters. The number of fused-ring (bicyclic) bond motifs is 4. The third-order valence-electron chi connectivity index (χ3n) is 9.86. The second kappa shape index (κ2) is 13.5. The molecule has 0 saturated carbocycles. The number of phenolic OH excluding ortho intramolecular Hbond substituents is 1. The van der Waals surface area contributed by atoms with Gasteiger partial charge in [0.1, 0.15) is 26.3 Å². The number of aromatic hydroxyl groups is 1. The summed E-state index contributed by atoms with van der Waals surface area (Å²) in [5, 5.41) is 12.5. The van der Waals surface area contributed by atoms with Crippen LogP contribution in [0.2, 0.25) is 0 Å². The van der Waals surface area contributed by atoms with Crippen molar-refractivity contribution in [2.45, 2.75) is 18.6 Å². The van der Waals surface area contributed by atoms with Crippen molar-refractivity contribution < 1.29 is 27.9 Å². The molecule has 0 aliphatic heterocycles. The van der Waals surface area contributed by atoms with Crippen molar-refractivity contribution in [1.29, 1.82) is 0 Å². The topological polar surface area (TPSA) is 162 Å². The molecule has 0 radical (unpaired) electrons. The van der Waals surface area contributed by atoms with Crippen LogP contribution in [0.25, 0.3) is 41.6 Å². The number of rotatable bonds is 7. The summed E-state index contributed by atoms with van der Waals surface area (Å²) >= 11 is 9.88. The Labute approximate surface area is 339 Å². The summed E-state index contributed by atoms with van der Waals surface area (Å²) in [6.07, 6.45) is 5.66. The Balaban J connectivity index is 0.926. The summed E-state index contributed by atoms with van der Waals surface area (Å²) < 4.78 is 36.9. The van der Waals surface area contributed by atoms with Crippen LogP contribution in [0.15, 0.2) is 126 Å². The van der Waals surface area contributed by atoms with Gasteiger partial charge in [-0.2, -0.15) is 0 Å². The predicted molar refractivity (Wildman–Crippen MR) is 227 cm³/mol. The van der Waals surface area contributed by atoms with Crippen molar-refractivity contribution in [1.82, 2.24) is 9.97 Å². The van der Waals surface area contributed by atoms with Crippen LogP contribution in [0.4, 0.5) is 11.4 Å². The zero-order valence-electron chi connectivity index (χ0n) is 30.0. The Bertz CT molecular complexity index is 3090. The Morgan fingerprint density at radius 3 is 2.14 bits per heavy atom. The average molecular weight is 829 g/mol. The maximum Gasteiger partial charge on any atom is 0.245 e. The molecule has 9 rings (SSSR count). The Hall–Kier alpha value is -6.12. The number of ether oxygens (including phenoxy) is 1. The zero-order chi connectivity index (χ0) is 39.8. The summed E-state index contributed by atoms with van der Waals surface area (Å²) in [6.45, 7) is 3.55. The minimum Gasteiger partial charge on any atom is -0.507 e. The molecule has 7 aromatic rings. The molecule has 282 valence electrons. The van der Waals surface area contributed by atoms with Crippen molar-refractivity contribution in [3.63, 3.8) is 0 Å². The van der Waals surface area contributed by atoms with Crippen LogP contribution in [-0.2, 0) is 10.0 Å². The van der Waals surface area contributed by atoms with E-state index in [1.165, 1.54) is 48.9 Å². The van der Waals surface area contributed by atoms with Gasteiger partial charge in [0, 0.05) is 34.0 Å². The number of halogens is 1. The van der Waals surface area contributed by atoms with Crippen molar-refractivity contribution in [2.24, 2.45) is 0 Å². The van der Waals surface area contributed by atoms with E-state index in [1.807, 2.05) is 30.3 Å². The second-order valence-corrected chi connectivity index (χ2v) is 18.4. The van der Waals surface area contributed by atoms with E-state index in [2.05, 4.69) is 29.8 Å². The van der Waals surface area contributed by atoms with E-state index in [-0.39, 0.29) is 44.5 Å². The maximum absolute atomic E-state index is 13.9. The summed E-state index contributed by atoms with van der Waals surface area (Å²) in [5.41, 5.74) is 11.3. The number of aromatic nitrogens is 2. The molecule has 0 fully saturated rings. The first-order valence-corrected chi connectivity index (χ1v) is 21.0. The number of phenols is 1. The standard InChI is InChI=1S/C43H29ClN4O6S3/c1-22-9-15-29-34(18-22)55-42(47-29)24-12-16-30-35(19-24)56-41(46-30)23-10-13-25(14-11-23)48-57(52,53)43(2)17-5-8-32(28(44)21-43)54-33-20-31(49)36-37(38(33)45)40(51)27-7-4-3-6-26(27)39(36)50/h3-21,48-49H,45H2,1-2H3. The third kappa shape index (κ3) is 6.29. The van der Waals surface area contributed by atoms with Crippen LogP contribution >= 0.6 is 34.3 Å². The molecule has 2 heterocycles. The Kier molecular flexibility index (Phi) is 8.66. The molecule has 4 N–H and O–H groups in total. The fraction of sp³-hybridized carbons (Fsp3) is 0.0698. The van der Waals surface area contributed by atoms with Crippen LogP contribution in [0.3, 0.4) is 0 Å². The summed E-state index contributed by atoms with van der Waals surface area (Å²) in [5.74, 6) is -1.73. The first kappa shape index (κ1) is 36.5. The largest absolute Gasteiger partial charge is 0.507 e. The number of nitrogens with one attached hydrogen (secondary N) is 1. The molecule has 2 aromatic heterocycles. The predicted octanol–water partition coefficient (Wildman–Crippen LogP) is 9.77. The van der Waals surface area contributed by atoms with E-state index in [1.54, 1.807) is 46.9 Å². The molecule has 0 spiro atoms. The lowest BCUT2D eigenvalue weighted by Gasteiger charge is -2.24. The van der Waals surface area contributed by atoms with E-state index < -0.39 is 32.1 Å². The molecule has 1 unspecified atom stereocenters. The number of hydrogen-bond acceptors (Lipinski definition) is 11. The number of nitrogen functional groups attached to an aromatic ring is 1. The minimum atomic E-state index is -4.15. The summed E-state index contributed by atoms with van der Waals surface area (Å²) in [7, 11) is -4.15. The highest BCUT2D eigenvalue weighted by atomic mass is 35.5. The number of thiazole rings is 2. The maximum atomic E-state index is 13.9. The molecule has 10 nitrogen and oxygen atoms in total. The average Bonchev–Trinajstić information content (AvgIpc) is 3.78. The molecule has 0 amide bonds. The van der Waals surface area contributed by atoms with Crippen molar-refractivity contribution in [2.75, 3.05) is 10.5 Å². The van der Waals surface area contributed by atoms with Gasteiger partial charge in [0.25, 0.3) is 0 Å². The van der Waals surface area contributed by atoms with Gasteiger partial charge in [-0.3, -0.25) is 14.3 Å². The van der Waals surface area contributed by atoms with Gasteiger partial charge in [-0.1, -0.05) is 54.1 Å². The molecular weight excluding hydrogens is 800 g/mol. The molecule has 14 heteroatoms. The highest BCUT2D eigenvalue weighted by Crippen LogP contribution is 2.43. The first-order valence-electron chi connectivity index (χ1n) is 17.5. The number of hydrogen-bond donors (Lipinski definition) is 3. The molecular formula is C43H29ClN4O6S3. The van der Waals surface area contributed by atoms with E-state index >= 15 is 0 Å². The highest BCUT2D eigenvalue weighted by Gasteiger charge is 2.38. The van der Waals surface area contributed by atoms with E-state index in [9.17, 15) is 23.1 Å². The highest BCUT2D eigenvalue weighted by molar-refractivity contribution is 7.94. The molecule has 2 aliphatic rings. The molecule has 5 aromatic carbocycles. The van der Waals surface area contributed by atoms with Gasteiger partial charge in [0.05, 0.1) is 42.3 Å². The van der Waals surface area contributed by atoms with E-state index in [4.69, 9.17) is 32.0 Å². The fourth-order valence-electron chi connectivity index (χ4n) is 6.79. The van der Waals surface area contributed by atoms with Crippen molar-refractivity contribution in [3.8, 4) is 32.6 Å². The number of carbonyl (C=O) groups excluding carboxylic acids is 2. The van der Waals surface area contributed by atoms with Gasteiger partial charge in [-0.25, -0.2) is 18.4 Å². The number of aryl methyl sites for hydroxylation is 1. The van der Waals surface area contributed by atoms with E-state index in [0.717, 1.165) is 47.6 Å². The van der Waals surface area contributed by atoms with Gasteiger partial charge in [-0.15, -0.1) is 22.7 Å². The number of carbonyl (C=O) groups is 2. The minimum absolute atomic E-state index is 0.00431. The fourth-order valence-corrected chi connectivity index (χ4v) is 10.4. The van der Waals surface area contributed by atoms with Crippen molar-refractivity contribution in [3.05, 3.63) is 154 Å². The number of benzene rings is 5. The van der Waals surface area contributed by atoms with Crippen LogP contribution in [0, 0.1) is 6.92 Å². The van der Waals surface area contributed by atoms with Gasteiger partial charge in [0.2, 0.25) is 10.0 Å². The number of nitrogens with zero attached hydrogens (tertiary/aromatic N) is 2. The molecule has 0 saturated heterocycles.